The summed E-state index contributed by atoms with van der Waals surface area (Å²) >= 11 is 0. The van der Waals surface area contributed by atoms with Gasteiger partial charge >= 0.3 is 0 Å². The third-order valence-corrected chi connectivity index (χ3v) is 5.07. The molecular formula is C20H25N5O2. The summed E-state index contributed by atoms with van der Waals surface area (Å²) in [6.45, 7) is 5.10. The predicted octanol–water partition coefficient (Wildman–Crippen LogP) is 2.50. The predicted molar refractivity (Wildman–Crippen MR) is 101 cm³/mol. The minimum atomic E-state index is -0.0399. The van der Waals surface area contributed by atoms with Crippen LogP contribution in [-0.4, -0.2) is 38.2 Å². The average molecular weight is 367 g/mol. The van der Waals surface area contributed by atoms with E-state index in [0.29, 0.717) is 12.2 Å². The van der Waals surface area contributed by atoms with Gasteiger partial charge in [0, 0.05) is 39.1 Å². The second-order valence-corrected chi connectivity index (χ2v) is 7.15. The van der Waals surface area contributed by atoms with E-state index in [9.17, 15) is 4.79 Å². The zero-order chi connectivity index (χ0) is 18.8. The smallest absolute Gasteiger partial charge is 0.267 e. The number of fused-ring (bicyclic) bond motifs is 1. The molecule has 142 valence electrons. The number of nitrogens with one attached hydrogen (secondary N) is 1. The van der Waals surface area contributed by atoms with Gasteiger partial charge < -0.3 is 14.3 Å². The van der Waals surface area contributed by atoms with Crippen molar-refractivity contribution in [3.63, 3.8) is 0 Å². The number of furan rings is 1. The van der Waals surface area contributed by atoms with Crippen LogP contribution in [0.1, 0.15) is 40.2 Å². The summed E-state index contributed by atoms with van der Waals surface area (Å²) in [7, 11) is 1.88. The van der Waals surface area contributed by atoms with Gasteiger partial charge in [-0.3, -0.25) is 14.4 Å². The Labute approximate surface area is 158 Å². The van der Waals surface area contributed by atoms with E-state index in [-0.39, 0.29) is 11.9 Å². The molecule has 4 heterocycles. The maximum absolute atomic E-state index is 12.3. The molecule has 0 unspecified atom stereocenters. The van der Waals surface area contributed by atoms with Crippen molar-refractivity contribution >= 4 is 5.91 Å². The van der Waals surface area contributed by atoms with Crippen molar-refractivity contribution in [3.8, 4) is 0 Å². The summed E-state index contributed by atoms with van der Waals surface area (Å²) in [6.07, 6.45) is 4.56. The van der Waals surface area contributed by atoms with Gasteiger partial charge in [-0.15, -0.1) is 0 Å². The van der Waals surface area contributed by atoms with Crippen molar-refractivity contribution in [2.45, 2.75) is 32.5 Å². The Morgan fingerprint density at radius 1 is 1.33 bits per heavy atom. The number of rotatable bonds is 6. The molecule has 1 amide bonds. The first kappa shape index (κ1) is 17.6. The number of aromatic nitrogens is 3. The van der Waals surface area contributed by atoms with Crippen molar-refractivity contribution < 1.29 is 9.21 Å². The molecule has 0 radical (unpaired) electrons. The molecule has 0 spiro atoms. The van der Waals surface area contributed by atoms with E-state index in [1.165, 1.54) is 5.69 Å². The van der Waals surface area contributed by atoms with Gasteiger partial charge in [0.15, 0.2) is 0 Å². The van der Waals surface area contributed by atoms with Crippen LogP contribution in [0.3, 0.4) is 0 Å². The maximum atomic E-state index is 12.3. The molecule has 3 aromatic heterocycles. The monoisotopic (exact) mass is 367 g/mol. The Morgan fingerprint density at radius 3 is 2.96 bits per heavy atom. The third kappa shape index (κ3) is 3.83. The van der Waals surface area contributed by atoms with Crippen LogP contribution in [0.5, 0.6) is 0 Å². The zero-order valence-corrected chi connectivity index (χ0v) is 15.8. The van der Waals surface area contributed by atoms with Crippen LogP contribution in [0.25, 0.3) is 0 Å². The van der Waals surface area contributed by atoms with Crippen LogP contribution >= 0.6 is 0 Å². The number of hydrogen-bond donors (Lipinski definition) is 1. The van der Waals surface area contributed by atoms with Gasteiger partial charge in [-0.1, -0.05) is 0 Å². The topological polar surface area (TPSA) is 68.2 Å². The highest BCUT2D eigenvalue weighted by atomic mass is 16.3. The van der Waals surface area contributed by atoms with Crippen molar-refractivity contribution in [2.24, 2.45) is 7.05 Å². The second-order valence-electron chi connectivity index (χ2n) is 7.15. The number of amides is 1. The number of carbonyl (C=O) groups is 1. The first-order valence-electron chi connectivity index (χ1n) is 9.30. The Bertz CT molecular complexity index is 922. The van der Waals surface area contributed by atoms with Crippen LogP contribution in [-0.2, 0) is 20.1 Å². The summed E-state index contributed by atoms with van der Waals surface area (Å²) < 4.78 is 9.66. The minimum absolute atomic E-state index is 0.0399. The Kier molecular flexibility index (Phi) is 4.85. The largest absolute Gasteiger partial charge is 0.465 e. The Morgan fingerprint density at radius 2 is 2.22 bits per heavy atom. The molecule has 1 atom stereocenters. The SMILES string of the molecule is Cc1ccc(CN2Cc3ccnn3[C@@H](CCNC(=O)c3cccn3C)C2)o1. The number of aryl methyl sites for hydroxylation is 2. The average Bonchev–Trinajstić information content (AvgIpc) is 3.36. The number of carbonyl (C=O) groups excluding carboxylic acids is 1. The fraction of sp³-hybridized carbons (Fsp3) is 0.400. The van der Waals surface area contributed by atoms with E-state index in [1.54, 1.807) is 0 Å². The van der Waals surface area contributed by atoms with Crippen molar-refractivity contribution in [3.05, 3.63) is 65.6 Å². The summed E-state index contributed by atoms with van der Waals surface area (Å²) in [5.41, 5.74) is 1.87. The van der Waals surface area contributed by atoms with Gasteiger partial charge in [-0.05, 0) is 43.7 Å². The van der Waals surface area contributed by atoms with Gasteiger partial charge in [0.25, 0.3) is 5.91 Å². The lowest BCUT2D eigenvalue weighted by atomic mass is 10.1. The van der Waals surface area contributed by atoms with Gasteiger partial charge in [-0.2, -0.15) is 5.10 Å². The third-order valence-electron chi connectivity index (χ3n) is 5.07. The molecule has 1 aliphatic rings. The molecule has 4 rings (SSSR count). The Balaban J connectivity index is 1.38. The molecule has 3 aromatic rings. The lowest BCUT2D eigenvalue weighted by molar-refractivity contribution is 0.0938. The molecule has 0 saturated heterocycles. The number of hydrogen-bond acceptors (Lipinski definition) is 4. The fourth-order valence-electron chi connectivity index (χ4n) is 3.73. The van der Waals surface area contributed by atoms with E-state index >= 15 is 0 Å². The van der Waals surface area contributed by atoms with Crippen LogP contribution in [0.2, 0.25) is 0 Å². The lowest BCUT2D eigenvalue weighted by Crippen LogP contribution is -2.39. The van der Waals surface area contributed by atoms with E-state index in [2.05, 4.69) is 26.1 Å². The van der Waals surface area contributed by atoms with Crippen LogP contribution < -0.4 is 5.32 Å². The molecule has 0 aromatic carbocycles. The van der Waals surface area contributed by atoms with Gasteiger partial charge in [0.2, 0.25) is 0 Å². The minimum Gasteiger partial charge on any atom is -0.465 e. The highest BCUT2D eigenvalue weighted by Crippen LogP contribution is 2.24. The van der Waals surface area contributed by atoms with Crippen LogP contribution in [0.4, 0.5) is 0 Å². The van der Waals surface area contributed by atoms with Gasteiger partial charge in [0.1, 0.15) is 17.2 Å². The molecule has 1 N–H and O–H groups in total. The fourth-order valence-corrected chi connectivity index (χ4v) is 3.73. The first-order valence-corrected chi connectivity index (χ1v) is 9.30. The molecule has 0 aliphatic carbocycles. The van der Waals surface area contributed by atoms with E-state index < -0.39 is 0 Å². The Hall–Kier alpha value is -2.80. The van der Waals surface area contributed by atoms with Gasteiger partial charge in [0.05, 0.1) is 18.3 Å². The lowest BCUT2D eigenvalue weighted by Gasteiger charge is -2.33. The molecule has 27 heavy (non-hydrogen) atoms. The molecule has 7 heteroatoms. The molecule has 0 saturated carbocycles. The summed E-state index contributed by atoms with van der Waals surface area (Å²) in [5.74, 6) is 1.88. The highest BCUT2D eigenvalue weighted by molar-refractivity contribution is 5.92. The number of nitrogens with zero attached hydrogens (tertiary/aromatic N) is 4. The second kappa shape index (κ2) is 7.44. The summed E-state index contributed by atoms with van der Waals surface area (Å²) in [5, 5.41) is 7.52. The maximum Gasteiger partial charge on any atom is 0.267 e. The van der Waals surface area contributed by atoms with Crippen molar-refractivity contribution in [1.82, 2.24) is 24.6 Å². The normalized spacial score (nSPS) is 17.0. The molecule has 1 aliphatic heterocycles. The summed E-state index contributed by atoms with van der Waals surface area (Å²) in [6, 6.07) is 10.0. The van der Waals surface area contributed by atoms with Crippen LogP contribution in [0, 0.1) is 6.92 Å². The van der Waals surface area contributed by atoms with E-state index in [4.69, 9.17) is 4.42 Å². The van der Waals surface area contributed by atoms with Crippen molar-refractivity contribution in [2.75, 3.05) is 13.1 Å². The standard InChI is InChI=1S/C20H25N5O2/c1-15-5-6-18(27-15)14-24-12-16(25-17(13-24)8-10-22-25)7-9-21-20(26)19-4-3-11-23(19)2/h3-6,8,10-11,16H,7,9,12-14H2,1-2H3,(H,21,26)/t16-/m0/s1. The van der Waals surface area contributed by atoms with Gasteiger partial charge in [-0.25, -0.2) is 0 Å². The quantitative estimate of drug-likeness (QED) is 0.727. The van der Waals surface area contributed by atoms with E-state index in [1.807, 2.05) is 55.2 Å². The molecular weight excluding hydrogens is 342 g/mol. The summed E-state index contributed by atoms with van der Waals surface area (Å²) in [4.78, 5) is 14.7. The van der Waals surface area contributed by atoms with E-state index in [0.717, 1.165) is 37.6 Å². The van der Waals surface area contributed by atoms with Crippen molar-refractivity contribution in [1.29, 1.82) is 0 Å². The highest BCUT2D eigenvalue weighted by Gasteiger charge is 2.26. The molecule has 7 nitrogen and oxygen atoms in total. The molecule has 0 fully saturated rings. The zero-order valence-electron chi connectivity index (χ0n) is 15.8. The molecule has 0 bridgehead atoms. The van der Waals surface area contributed by atoms with Crippen LogP contribution in [0.15, 0.2) is 47.1 Å². The first-order chi connectivity index (χ1) is 13.1.